The van der Waals surface area contributed by atoms with Crippen LogP contribution >= 0.6 is 0 Å². The molecule has 0 heterocycles. The van der Waals surface area contributed by atoms with Crippen molar-refractivity contribution in [3.05, 3.63) is 29.8 Å². The van der Waals surface area contributed by atoms with E-state index in [1.54, 1.807) is 18.2 Å². The lowest BCUT2D eigenvalue weighted by molar-refractivity contribution is -0.119. The maximum Gasteiger partial charge on any atom is 0.251 e. The van der Waals surface area contributed by atoms with Gasteiger partial charge in [-0.2, -0.15) is 0 Å². The van der Waals surface area contributed by atoms with Gasteiger partial charge in [0, 0.05) is 13.5 Å². The molecule has 0 atom stereocenters. The van der Waals surface area contributed by atoms with Crippen molar-refractivity contribution in [2.75, 3.05) is 5.12 Å². The summed E-state index contributed by atoms with van der Waals surface area (Å²) >= 11 is 0. The molecule has 0 aliphatic carbocycles. The van der Waals surface area contributed by atoms with Crippen molar-refractivity contribution < 1.29 is 9.28 Å². The predicted molar refractivity (Wildman–Crippen MR) is 48.6 cm³/mol. The SMILES string of the molecule is CC(=O)N(F)c1ccccc1CN. The van der Waals surface area contributed by atoms with Gasteiger partial charge in [-0.25, -0.2) is 0 Å². The Labute approximate surface area is 75.9 Å². The fourth-order valence-electron chi connectivity index (χ4n) is 1.04. The van der Waals surface area contributed by atoms with E-state index in [2.05, 4.69) is 0 Å². The fourth-order valence-corrected chi connectivity index (χ4v) is 1.04. The second-order valence-corrected chi connectivity index (χ2v) is 2.63. The first-order valence-electron chi connectivity index (χ1n) is 3.91. The topological polar surface area (TPSA) is 46.3 Å². The van der Waals surface area contributed by atoms with Crippen LogP contribution < -0.4 is 10.9 Å². The predicted octanol–water partition coefficient (Wildman–Crippen LogP) is 1.38. The van der Waals surface area contributed by atoms with E-state index in [9.17, 15) is 9.28 Å². The van der Waals surface area contributed by atoms with Gasteiger partial charge in [-0.3, -0.25) is 4.79 Å². The number of nitrogens with two attached hydrogens (primary N) is 1. The summed E-state index contributed by atoms with van der Waals surface area (Å²) in [6.07, 6.45) is 0. The van der Waals surface area contributed by atoms with Gasteiger partial charge in [0.15, 0.2) is 0 Å². The first-order valence-corrected chi connectivity index (χ1v) is 3.91. The van der Waals surface area contributed by atoms with E-state index in [0.717, 1.165) is 6.92 Å². The molecule has 3 nitrogen and oxygen atoms in total. The number of carbonyl (C=O) groups is 1. The van der Waals surface area contributed by atoms with E-state index < -0.39 is 5.91 Å². The van der Waals surface area contributed by atoms with Crippen molar-refractivity contribution in [3.63, 3.8) is 0 Å². The number of para-hydroxylation sites is 1. The summed E-state index contributed by atoms with van der Waals surface area (Å²) in [6.45, 7) is 1.37. The van der Waals surface area contributed by atoms with E-state index in [4.69, 9.17) is 5.73 Å². The zero-order valence-electron chi connectivity index (χ0n) is 7.33. The van der Waals surface area contributed by atoms with Crippen molar-refractivity contribution in [3.8, 4) is 0 Å². The normalized spacial score (nSPS) is 9.77. The molecule has 0 unspecified atom stereocenters. The number of amides is 1. The van der Waals surface area contributed by atoms with Crippen molar-refractivity contribution in [1.29, 1.82) is 0 Å². The molecular formula is C9H11FN2O. The van der Waals surface area contributed by atoms with Crippen LogP contribution in [-0.4, -0.2) is 5.91 Å². The van der Waals surface area contributed by atoms with E-state index in [1.165, 1.54) is 6.07 Å². The van der Waals surface area contributed by atoms with Gasteiger partial charge in [-0.15, -0.1) is 5.12 Å². The highest BCUT2D eigenvalue weighted by atomic mass is 19.2. The third-order valence-corrected chi connectivity index (χ3v) is 1.70. The number of rotatable bonds is 2. The molecule has 2 N–H and O–H groups in total. The largest absolute Gasteiger partial charge is 0.326 e. The van der Waals surface area contributed by atoms with Crippen molar-refractivity contribution in [2.24, 2.45) is 5.73 Å². The second-order valence-electron chi connectivity index (χ2n) is 2.63. The average Bonchev–Trinajstić information content (AvgIpc) is 2.16. The molecule has 1 amide bonds. The summed E-state index contributed by atoms with van der Waals surface area (Å²) in [5, 5.41) is 0.0994. The van der Waals surface area contributed by atoms with Gasteiger partial charge < -0.3 is 5.73 Å². The van der Waals surface area contributed by atoms with Gasteiger partial charge in [-0.1, -0.05) is 22.7 Å². The lowest BCUT2D eigenvalue weighted by Gasteiger charge is -2.12. The molecule has 1 aromatic rings. The number of carbonyl (C=O) groups excluding carboxylic acids is 1. The molecule has 0 saturated carbocycles. The smallest absolute Gasteiger partial charge is 0.251 e. The molecular weight excluding hydrogens is 171 g/mol. The molecule has 1 aromatic carbocycles. The van der Waals surface area contributed by atoms with Gasteiger partial charge in [0.05, 0.1) is 5.69 Å². The minimum absolute atomic E-state index is 0.0994. The fraction of sp³-hybridized carbons (Fsp3) is 0.222. The van der Waals surface area contributed by atoms with Crippen LogP contribution in [0.5, 0.6) is 0 Å². The van der Waals surface area contributed by atoms with Crippen LogP contribution in [0.15, 0.2) is 24.3 Å². The zero-order valence-corrected chi connectivity index (χ0v) is 7.33. The summed E-state index contributed by atoms with van der Waals surface area (Å²) in [4.78, 5) is 10.7. The lowest BCUT2D eigenvalue weighted by atomic mass is 10.2. The Bertz CT molecular complexity index is 314. The summed E-state index contributed by atoms with van der Waals surface area (Å²) in [5.74, 6) is -0.652. The number of nitrogens with zero attached hydrogens (tertiary/aromatic N) is 1. The Morgan fingerprint density at radius 3 is 2.69 bits per heavy atom. The Morgan fingerprint density at radius 1 is 1.54 bits per heavy atom. The Hall–Kier alpha value is -1.42. The Kier molecular flexibility index (Phi) is 2.97. The van der Waals surface area contributed by atoms with Crippen LogP contribution in [0.4, 0.5) is 10.2 Å². The molecule has 0 fully saturated rings. The van der Waals surface area contributed by atoms with Crippen molar-refractivity contribution >= 4 is 11.6 Å². The molecule has 0 saturated heterocycles. The summed E-state index contributed by atoms with van der Waals surface area (Å²) in [5.41, 5.74) is 6.22. The van der Waals surface area contributed by atoms with Crippen LogP contribution in [0.1, 0.15) is 12.5 Å². The average molecular weight is 182 g/mol. The van der Waals surface area contributed by atoms with Gasteiger partial charge in [0.1, 0.15) is 0 Å². The molecule has 0 aromatic heterocycles. The van der Waals surface area contributed by atoms with Crippen LogP contribution in [-0.2, 0) is 11.3 Å². The number of halogens is 1. The van der Waals surface area contributed by atoms with Crippen LogP contribution in [0.3, 0.4) is 0 Å². The minimum atomic E-state index is -0.652. The van der Waals surface area contributed by atoms with Crippen molar-refractivity contribution in [2.45, 2.75) is 13.5 Å². The van der Waals surface area contributed by atoms with E-state index in [1.807, 2.05) is 0 Å². The highest BCUT2D eigenvalue weighted by molar-refractivity contribution is 5.89. The third kappa shape index (κ3) is 2.03. The molecule has 70 valence electrons. The summed E-state index contributed by atoms with van der Waals surface area (Å²) in [7, 11) is 0. The van der Waals surface area contributed by atoms with Gasteiger partial charge in [-0.05, 0) is 11.6 Å². The Balaban J connectivity index is 3.05. The van der Waals surface area contributed by atoms with Gasteiger partial charge in [0.25, 0.3) is 5.91 Å². The van der Waals surface area contributed by atoms with E-state index in [-0.39, 0.29) is 17.4 Å². The lowest BCUT2D eigenvalue weighted by Crippen LogP contribution is -2.20. The maximum atomic E-state index is 13.1. The number of anilines is 1. The van der Waals surface area contributed by atoms with Crippen molar-refractivity contribution in [1.82, 2.24) is 0 Å². The van der Waals surface area contributed by atoms with E-state index >= 15 is 0 Å². The molecule has 13 heavy (non-hydrogen) atoms. The second kappa shape index (κ2) is 4.00. The summed E-state index contributed by atoms with van der Waals surface area (Å²) in [6, 6.07) is 6.61. The first-order chi connectivity index (χ1) is 6.16. The first kappa shape index (κ1) is 9.67. The molecule has 0 radical (unpaired) electrons. The Morgan fingerprint density at radius 2 is 2.15 bits per heavy atom. The summed E-state index contributed by atoms with van der Waals surface area (Å²) < 4.78 is 13.1. The van der Waals surface area contributed by atoms with Crippen LogP contribution in [0.25, 0.3) is 0 Å². The zero-order chi connectivity index (χ0) is 9.84. The third-order valence-electron chi connectivity index (χ3n) is 1.70. The number of benzene rings is 1. The minimum Gasteiger partial charge on any atom is -0.326 e. The van der Waals surface area contributed by atoms with Crippen LogP contribution in [0.2, 0.25) is 0 Å². The molecule has 0 aliphatic rings. The highest BCUT2D eigenvalue weighted by Gasteiger charge is 2.12. The monoisotopic (exact) mass is 182 g/mol. The van der Waals surface area contributed by atoms with Gasteiger partial charge in [0.2, 0.25) is 0 Å². The standard InChI is InChI=1S/C9H11FN2O/c1-7(13)12(10)9-5-3-2-4-8(9)6-11/h2-5H,6,11H2,1H3. The molecule has 0 aliphatic heterocycles. The number of hydrogen-bond donors (Lipinski definition) is 1. The van der Waals surface area contributed by atoms with E-state index in [0.29, 0.717) is 5.56 Å². The molecule has 0 bridgehead atoms. The molecule has 0 spiro atoms. The highest BCUT2D eigenvalue weighted by Crippen LogP contribution is 2.20. The quantitative estimate of drug-likeness (QED) is 0.702. The molecule has 4 heteroatoms. The maximum absolute atomic E-state index is 13.1. The van der Waals surface area contributed by atoms with Crippen LogP contribution in [0, 0.1) is 0 Å². The van der Waals surface area contributed by atoms with Gasteiger partial charge >= 0.3 is 0 Å². The molecule has 1 rings (SSSR count). The number of hydrogen-bond acceptors (Lipinski definition) is 2.